The van der Waals surface area contributed by atoms with Crippen molar-refractivity contribution >= 4 is 13.7 Å². The van der Waals surface area contributed by atoms with Crippen LogP contribution in [0.4, 0.5) is 0 Å². The van der Waals surface area contributed by atoms with Gasteiger partial charge < -0.3 is 19.8 Å². The van der Waals surface area contributed by atoms with Crippen molar-refractivity contribution in [3.8, 4) is 0 Å². The fourth-order valence-corrected chi connectivity index (χ4v) is 7.77. The maximum Gasteiger partial charge on any atom is 0.472 e. The molecule has 57 heavy (non-hydrogen) atoms. The second kappa shape index (κ2) is 40.4. The number of aliphatic hydroxyl groups excluding tert-OH is 1. The molecular formula is C48H96N2O6P+. The van der Waals surface area contributed by atoms with Gasteiger partial charge in [-0.2, -0.15) is 0 Å². The van der Waals surface area contributed by atoms with Crippen molar-refractivity contribution in [3.05, 3.63) is 24.3 Å². The number of rotatable bonds is 44. The Morgan fingerprint density at radius 2 is 0.947 bits per heavy atom. The summed E-state index contributed by atoms with van der Waals surface area (Å²) in [5.41, 5.74) is 0. The summed E-state index contributed by atoms with van der Waals surface area (Å²) in [6.07, 6.45) is 48.4. The lowest BCUT2D eigenvalue weighted by molar-refractivity contribution is -0.870. The van der Waals surface area contributed by atoms with Gasteiger partial charge in [0.15, 0.2) is 0 Å². The van der Waals surface area contributed by atoms with Crippen molar-refractivity contribution in [2.45, 2.75) is 238 Å². The Bertz CT molecular complexity index is 984. The number of carbonyl (C=O) groups is 1. The number of allylic oxidation sites excluding steroid dienone is 3. The van der Waals surface area contributed by atoms with Crippen molar-refractivity contribution in [2.75, 3.05) is 40.9 Å². The van der Waals surface area contributed by atoms with Gasteiger partial charge in [-0.1, -0.05) is 199 Å². The molecule has 338 valence electrons. The molecule has 8 nitrogen and oxygen atoms in total. The lowest BCUT2D eigenvalue weighted by Gasteiger charge is -2.25. The number of hydrogen-bond acceptors (Lipinski definition) is 5. The number of aliphatic hydroxyl groups is 1. The van der Waals surface area contributed by atoms with Gasteiger partial charge in [-0.3, -0.25) is 13.8 Å². The molecular weight excluding hydrogens is 732 g/mol. The van der Waals surface area contributed by atoms with E-state index in [0.29, 0.717) is 17.4 Å². The zero-order chi connectivity index (χ0) is 42.1. The first kappa shape index (κ1) is 56.0. The van der Waals surface area contributed by atoms with Crippen LogP contribution in [-0.4, -0.2) is 73.4 Å². The molecule has 0 fully saturated rings. The van der Waals surface area contributed by atoms with Crippen molar-refractivity contribution in [1.29, 1.82) is 0 Å². The van der Waals surface area contributed by atoms with Crippen molar-refractivity contribution in [2.24, 2.45) is 0 Å². The summed E-state index contributed by atoms with van der Waals surface area (Å²) < 4.78 is 23.5. The maximum atomic E-state index is 12.9. The second-order valence-corrected chi connectivity index (χ2v) is 19.3. The van der Waals surface area contributed by atoms with Crippen LogP contribution in [0.1, 0.15) is 226 Å². The van der Waals surface area contributed by atoms with Crippen LogP contribution in [0.5, 0.6) is 0 Å². The second-order valence-electron chi connectivity index (χ2n) is 17.8. The summed E-state index contributed by atoms with van der Waals surface area (Å²) in [5.74, 6) is -0.180. The third-order valence-electron chi connectivity index (χ3n) is 10.9. The van der Waals surface area contributed by atoms with E-state index in [1.165, 1.54) is 167 Å². The van der Waals surface area contributed by atoms with Crippen LogP contribution in [0.3, 0.4) is 0 Å². The number of unbranched alkanes of at least 4 members (excludes halogenated alkanes) is 29. The molecule has 3 atom stereocenters. The molecule has 0 aliphatic heterocycles. The predicted molar refractivity (Wildman–Crippen MR) is 245 cm³/mol. The normalized spacial score (nSPS) is 14.4. The molecule has 0 heterocycles. The number of likely N-dealkylation sites (N-methyl/N-ethyl adjacent to an activating group) is 1. The van der Waals surface area contributed by atoms with E-state index in [2.05, 4.69) is 31.3 Å². The number of nitrogens with one attached hydrogen (secondary N) is 1. The Balaban J connectivity index is 4.15. The van der Waals surface area contributed by atoms with Crippen molar-refractivity contribution in [1.82, 2.24) is 5.32 Å². The van der Waals surface area contributed by atoms with Gasteiger partial charge in [-0.25, -0.2) is 4.57 Å². The van der Waals surface area contributed by atoms with E-state index in [9.17, 15) is 19.4 Å². The fraction of sp³-hybridized carbons (Fsp3) is 0.896. The quantitative estimate of drug-likeness (QED) is 0.0244. The summed E-state index contributed by atoms with van der Waals surface area (Å²) in [6, 6.07) is -0.843. The van der Waals surface area contributed by atoms with Gasteiger partial charge in [0.25, 0.3) is 0 Å². The Kier molecular flexibility index (Phi) is 39.7. The SMILES string of the molecule is CCCCCCCCCC/C=C/C(O)C(COP(=O)(O)OCC[N+](C)(C)C)NC(=O)CCCCCCCCCCC/C=C\CCCCCCCCCCCCCC. The smallest absolute Gasteiger partial charge is 0.387 e. The standard InChI is InChI=1S/C48H95N2O6P/c1-6-8-10-12-14-16-18-19-20-21-22-23-24-25-26-27-28-29-30-31-32-34-36-38-40-42-48(52)49-46(45-56-57(53,54)55-44-43-50(3,4)5)47(51)41-39-37-35-33-17-15-13-11-9-7-2/h25-26,39,41,46-47,51H,6-24,27-38,40,42-45H2,1-5H3,(H-,49,52,53,54)/p+1/b26-25-,41-39+. The number of amides is 1. The van der Waals surface area contributed by atoms with Crippen molar-refractivity contribution < 1.29 is 32.9 Å². The highest BCUT2D eigenvalue weighted by Crippen LogP contribution is 2.43. The molecule has 9 heteroatoms. The molecule has 0 bridgehead atoms. The van der Waals surface area contributed by atoms with Crippen LogP contribution < -0.4 is 5.32 Å². The zero-order valence-electron chi connectivity index (χ0n) is 38.3. The van der Waals surface area contributed by atoms with Gasteiger partial charge in [0.05, 0.1) is 39.9 Å². The first-order chi connectivity index (χ1) is 27.5. The molecule has 0 aromatic heterocycles. The highest BCUT2D eigenvalue weighted by molar-refractivity contribution is 7.47. The summed E-state index contributed by atoms with van der Waals surface area (Å²) in [5, 5.41) is 13.8. The van der Waals surface area contributed by atoms with Crippen LogP contribution in [0.2, 0.25) is 0 Å². The van der Waals surface area contributed by atoms with E-state index in [-0.39, 0.29) is 19.1 Å². The lowest BCUT2D eigenvalue weighted by atomic mass is 10.0. The fourth-order valence-electron chi connectivity index (χ4n) is 7.04. The number of phosphoric ester groups is 1. The summed E-state index contributed by atoms with van der Waals surface area (Å²) in [4.78, 5) is 23.1. The molecule has 0 aromatic carbocycles. The van der Waals surface area contributed by atoms with E-state index >= 15 is 0 Å². The molecule has 1 amide bonds. The van der Waals surface area contributed by atoms with Gasteiger partial charge in [0.2, 0.25) is 5.91 Å². The largest absolute Gasteiger partial charge is 0.472 e. The van der Waals surface area contributed by atoms with Crippen LogP contribution in [-0.2, 0) is 18.4 Å². The van der Waals surface area contributed by atoms with Gasteiger partial charge in [0.1, 0.15) is 13.2 Å². The number of phosphoric acid groups is 1. The molecule has 0 aliphatic carbocycles. The van der Waals surface area contributed by atoms with Gasteiger partial charge >= 0.3 is 7.82 Å². The van der Waals surface area contributed by atoms with Crippen LogP contribution in [0.15, 0.2) is 24.3 Å². The predicted octanol–water partition coefficient (Wildman–Crippen LogP) is 13.7. The molecule has 0 saturated heterocycles. The summed E-state index contributed by atoms with van der Waals surface area (Å²) in [6.45, 7) is 4.80. The molecule has 0 aromatic rings. The van der Waals surface area contributed by atoms with E-state index in [4.69, 9.17) is 9.05 Å². The molecule has 0 rings (SSSR count). The van der Waals surface area contributed by atoms with Crippen molar-refractivity contribution in [3.63, 3.8) is 0 Å². The van der Waals surface area contributed by atoms with E-state index < -0.39 is 20.0 Å². The van der Waals surface area contributed by atoms with E-state index in [1.54, 1.807) is 6.08 Å². The third-order valence-corrected chi connectivity index (χ3v) is 11.9. The average Bonchev–Trinajstić information content (AvgIpc) is 3.16. The Morgan fingerprint density at radius 1 is 0.579 bits per heavy atom. The summed E-state index contributed by atoms with van der Waals surface area (Å²) in [7, 11) is 1.57. The number of nitrogens with zero attached hydrogens (tertiary/aromatic N) is 1. The topological polar surface area (TPSA) is 105 Å². The van der Waals surface area contributed by atoms with Crippen LogP contribution in [0.25, 0.3) is 0 Å². The number of hydrogen-bond donors (Lipinski definition) is 3. The minimum absolute atomic E-state index is 0.0621. The zero-order valence-corrected chi connectivity index (χ0v) is 39.2. The molecule has 3 N–H and O–H groups in total. The molecule has 0 saturated carbocycles. The minimum Gasteiger partial charge on any atom is -0.387 e. The monoisotopic (exact) mass is 828 g/mol. The molecule has 0 radical (unpaired) electrons. The van der Waals surface area contributed by atoms with Crippen LogP contribution in [0, 0.1) is 0 Å². The Morgan fingerprint density at radius 3 is 1.35 bits per heavy atom. The molecule has 0 spiro atoms. The Labute approximate surface area is 354 Å². The minimum atomic E-state index is -4.33. The maximum absolute atomic E-state index is 12.9. The highest BCUT2D eigenvalue weighted by Gasteiger charge is 2.27. The molecule has 0 aliphatic rings. The van der Waals surface area contributed by atoms with E-state index in [0.717, 1.165) is 38.5 Å². The lowest BCUT2D eigenvalue weighted by Crippen LogP contribution is -2.45. The van der Waals surface area contributed by atoms with E-state index in [1.807, 2.05) is 27.2 Å². The van der Waals surface area contributed by atoms with Gasteiger partial charge in [-0.15, -0.1) is 0 Å². The molecule has 3 unspecified atom stereocenters. The Hall–Kier alpha value is -1.02. The first-order valence-corrected chi connectivity index (χ1v) is 25.7. The van der Waals surface area contributed by atoms with Crippen LogP contribution >= 0.6 is 7.82 Å². The van der Waals surface area contributed by atoms with Gasteiger partial charge in [-0.05, 0) is 44.9 Å². The first-order valence-electron chi connectivity index (χ1n) is 24.2. The summed E-state index contributed by atoms with van der Waals surface area (Å²) >= 11 is 0. The average molecular weight is 828 g/mol. The van der Waals surface area contributed by atoms with Gasteiger partial charge in [0, 0.05) is 6.42 Å². The third kappa shape index (κ3) is 42.9. The highest BCUT2D eigenvalue weighted by atomic mass is 31.2. The number of quaternary nitrogens is 1. The number of carbonyl (C=O) groups excluding carboxylic acids is 1.